The molecule has 0 spiro atoms. The summed E-state index contributed by atoms with van der Waals surface area (Å²) in [4.78, 5) is 0. The van der Waals surface area contributed by atoms with Crippen LogP contribution in [0.25, 0.3) is 28.1 Å². The topological polar surface area (TPSA) is 3.88 Å². The number of nitrogens with zero attached hydrogens (tertiary/aromatic N) is 1. The highest BCUT2D eigenvalue weighted by Crippen LogP contribution is 2.26. The van der Waals surface area contributed by atoms with Crippen LogP contribution in [-0.4, -0.2) is 7.25 Å². The molecule has 1 aromatic heterocycles. The molecule has 0 fully saturated rings. The van der Waals surface area contributed by atoms with E-state index in [-0.39, 0.29) is 0 Å². The maximum absolute atomic E-state index is 9.75. The van der Waals surface area contributed by atoms with Crippen LogP contribution in [0.4, 0.5) is 17.3 Å². The lowest BCUT2D eigenvalue weighted by Crippen LogP contribution is -2.38. The average Bonchev–Trinajstić information content (AvgIpc) is 2.79. The predicted octanol–water partition coefficient (Wildman–Crippen LogP) is 7.47. The zero-order valence-corrected chi connectivity index (χ0v) is 18.0. The fourth-order valence-electron chi connectivity index (χ4n) is 3.53. The summed E-state index contributed by atoms with van der Waals surface area (Å²) in [5, 5.41) is 0. The summed E-state index contributed by atoms with van der Waals surface area (Å²) < 4.78 is 41.4. The minimum Gasteiger partial charge on any atom is -0.418 e. The van der Waals surface area contributed by atoms with Crippen molar-refractivity contribution in [2.75, 3.05) is 0 Å². The molecule has 1 nitrogen and oxygen atoms in total. The third-order valence-corrected chi connectivity index (χ3v) is 4.97. The van der Waals surface area contributed by atoms with E-state index in [9.17, 15) is 17.3 Å². The summed E-state index contributed by atoms with van der Waals surface area (Å²) in [5.41, 5.74) is 8.74. The van der Waals surface area contributed by atoms with Crippen LogP contribution in [-0.2, 0) is 6.42 Å². The highest BCUT2D eigenvalue weighted by Gasteiger charge is 2.22. The number of rotatable bonds is 4. The second kappa shape index (κ2) is 10.3. The van der Waals surface area contributed by atoms with Gasteiger partial charge in [-0.1, -0.05) is 73.2 Å². The molecule has 0 radical (unpaired) electrons. The van der Waals surface area contributed by atoms with Gasteiger partial charge in [-0.2, -0.15) is 4.57 Å². The summed E-state index contributed by atoms with van der Waals surface area (Å²) in [7, 11) is -6.00. The molecule has 0 N–H and O–H groups in total. The second-order valence-electron chi connectivity index (χ2n) is 7.37. The molecule has 0 amide bonds. The van der Waals surface area contributed by atoms with Gasteiger partial charge in [-0.05, 0) is 30.2 Å². The minimum absolute atomic E-state index is 0.967. The van der Waals surface area contributed by atoms with Crippen molar-refractivity contribution in [1.29, 1.82) is 0 Å². The Morgan fingerprint density at radius 1 is 0.656 bits per heavy atom. The Balaban J connectivity index is 0.000000523. The lowest BCUT2D eigenvalue weighted by molar-refractivity contribution is -0.592. The molecule has 4 rings (SSSR count). The fraction of sp³-hybridized carbons (Fsp3) is 0.115. The number of benzene rings is 3. The van der Waals surface area contributed by atoms with E-state index in [0.717, 1.165) is 6.42 Å². The van der Waals surface area contributed by atoms with Gasteiger partial charge in [-0.15, -0.1) is 0 Å². The zero-order valence-electron chi connectivity index (χ0n) is 18.0. The molecule has 1 heterocycles. The number of aryl methyl sites for hydroxylation is 2. The van der Waals surface area contributed by atoms with E-state index in [4.69, 9.17) is 0 Å². The van der Waals surface area contributed by atoms with Gasteiger partial charge in [0.1, 0.15) is 0 Å². The molecule has 0 atom stereocenters. The Kier molecular flexibility index (Phi) is 7.47. The first-order valence-corrected chi connectivity index (χ1v) is 10.4. The second-order valence-corrected chi connectivity index (χ2v) is 7.37. The first-order chi connectivity index (χ1) is 15.3. The number of aromatic nitrogens is 1. The minimum atomic E-state index is -6.00. The van der Waals surface area contributed by atoms with Gasteiger partial charge in [-0.3, -0.25) is 0 Å². The first-order valence-electron chi connectivity index (χ1n) is 10.4. The quantitative estimate of drug-likeness (QED) is 0.177. The molecule has 0 saturated heterocycles. The number of hydrogen-bond acceptors (Lipinski definition) is 0. The maximum Gasteiger partial charge on any atom is 0.673 e. The smallest absolute Gasteiger partial charge is 0.418 e. The van der Waals surface area contributed by atoms with Gasteiger partial charge in [0.2, 0.25) is 11.4 Å². The van der Waals surface area contributed by atoms with Crippen LogP contribution < -0.4 is 4.57 Å². The van der Waals surface area contributed by atoms with Crippen molar-refractivity contribution >= 4 is 7.25 Å². The van der Waals surface area contributed by atoms with E-state index >= 15 is 0 Å². The summed E-state index contributed by atoms with van der Waals surface area (Å²) in [6.45, 7) is 4.36. The van der Waals surface area contributed by atoms with Crippen molar-refractivity contribution in [2.45, 2.75) is 20.3 Å². The molecule has 0 bridgehead atoms. The van der Waals surface area contributed by atoms with Crippen LogP contribution in [0.15, 0.2) is 97.1 Å². The van der Waals surface area contributed by atoms with Crippen molar-refractivity contribution in [3.8, 4) is 28.1 Å². The van der Waals surface area contributed by atoms with Gasteiger partial charge in [0, 0.05) is 36.2 Å². The molecule has 4 aromatic rings. The number of pyridine rings is 1. The first kappa shape index (κ1) is 23.3. The molecule has 3 aromatic carbocycles. The molecule has 0 aliphatic rings. The van der Waals surface area contributed by atoms with Crippen molar-refractivity contribution in [2.24, 2.45) is 0 Å². The van der Waals surface area contributed by atoms with Crippen molar-refractivity contribution < 1.29 is 21.8 Å². The normalized spacial score (nSPS) is 10.9. The Labute approximate surface area is 186 Å². The van der Waals surface area contributed by atoms with E-state index in [0.29, 0.717) is 0 Å². The maximum atomic E-state index is 9.75. The highest BCUT2D eigenvalue weighted by molar-refractivity contribution is 6.50. The molecule has 0 saturated carbocycles. The molecular formula is C26H24BF4N. The van der Waals surface area contributed by atoms with Crippen molar-refractivity contribution in [3.63, 3.8) is 0 Å². The van der Waals surface area contributed by atoms with Gasteiger partial charge in [0.15, 0.2) is 5.69 Å². The third kappa shape index (κ3) is 6.30. The van der Waals surface area contributed by atoms with E-state index in [2.05, 4.69) is 115 Å². The van der Waals surface area contributed by atoms with Gasteiger partial charge in [0.25, 0.3) is 0 Å². The Morgan fingerprint density at radius 3 is 1.66 bits per heavy atom. The fourth-order valence-corrected chi connectivity index (χ4v) is 3.53. The Hall–Kier alpha value is -3.41. The van der Waals surface area contributed by atoms with E-state index < -0.39 is 7.25 Å². The van der Waals surface area contributed by atoms with E-state index in [1.807, 2.05) is 0 Å². The van der Waals surface area contributed by atoms with Gasteiger partial charge >= 0.3 is 7.25 Å². The zero-order chi connectivity index (χ0) is 23.1. The van der Waals surface area contributed by atoms with Crippen molar-refractivity contribution in [3.05, 3.63) is 108 Å². The molecule has 164 valence electrons. The molecular weight excluding hydrogens is 413 g/mol. The standard InChI is InChI=1S/C26H24N.BF4/c1-3-24-18-23(21-10-6-4-7-11-21)19-26(22-12-8-5-9-13-22)27(24)25-16-14-20(2)15-17-25;2-1(3,4)5/h4-19H,3H2,1-2H3;/q+1;-1. The molecule has 0 aliphatic carbocycles. The Morgan fingerprint density at radius 2 is 1.16 bits per heavy atom. The van der Waals surface area contributed by atoms with Gasteiger partial charge in [0.05, 0.1) is 0 Å². The lowest BCUT2D eigenvalue weighted by Gasteiger charge is -2.11. The highest BCUT2D eigenvalue weighted by atomic mass is 19.5. The molecule has 0 aliphatic heterocycles. The summed E-state index contributed by atoms with van der Waals surface area (Å²) in [6.07, 6.45) is 0.967. The van der Waals surface area contributed by atoms with Crippen LogP contribution in [0.1, 0.15) is 18.2 Å². The number of hydrogen-bond donors (Lipinski definition) is 0. The Bertz CT molecular complexity index is 1140. The molecule has 32 heavy (non-hydrogen) atoms. The van der Waals surface area contributed by atoms with Crippen LogP contribution in [0.5, 0.6) is 0 Å². The van der Waals surface area contributed by atoms with E-state index in [1.165, 1.54) is 39.3 Å². The van der Waals surface area contributed by atoms with Gasteiger partial charge in [-0.25, -0.2) is 0 Å². The summed E-state index contributed by atoms with van der Waals surface area (Å²) in [6, 6.07) is 34.7. The van der Waals surface area contributed by atoms with Crippen LogP contribution in [0.2, 0.25) is 0 Å². The van der Waals surface area contributed by atoms with Gasteiger partial charge < -0.3 is 17.3 Å². The van der Waals surface area contributed by atoms with Crippen molar-refractivity contribution in [1.82, 2.24) is 0 Å². The third-order valence-electron chi connectivity index (χ3n) is 4.97. The van der Waals surface area contributed by atoms with Crippen LogP contribution in [0.3, 0.4) is 0 Å². The number of halogens is 4. The predicted molar refractivity (Wildman–Crippen MR) is 123 cm³/mol. The molecule has 0 unspecified atom stereocenters. The van der Waals surface area contributed by atoms with E-state index in [1.54, 1.807) is 0 Å². The molecule has 6 heteroatoms. The monoisotopic (exact) mass is 437 g/mol. The summed E-state index contributed by atoms with van der Waals surface area (Å²) >= 11 is 0. The summed E-state index contributed by atoms with van der Waals surface area (Å²) in [5.74, 6) is 0. The SMILES string of the molecule is CCc1cc(-c2ccccc2)cc(-c2ccccc2)[n+]1-c1ccc(C)cc1.F[B-](F)(F)F. The van der Waals surface area contributed by atoms with Crippen LogP contribution in [0, 0.1) is 6.92 Å². The average molecular weight is 437 g/mol. The largest absolute Gasteiger partial charge is 0.673 e. The van der Waals surface area contributed by atoms with Crippen LogP contribution >= 0.6 is 0 Å². The lowest BCUT2D eigenvalue weighted by atomic mass is 10.00.